The van der Waals surface area contributed by atoms with E-state index in [-0.39, 0.29) is 9.41 Å². The van der Waals surface area contributed by atoms with Gasteiger partial charge in [0.25, 0.3) is 0 Å². The Morgan fingerprint density at radius 1 is 0.773 bits per heavy atom. The zero-order valence-electron chi connectivity index (χ0n) is 15.2. The number of rotatable bonds is 3. The molecule has 0 aromatic carbocycles. The average molecular weight is 405 g/mol. The van der Waals surface area contributed by atoms with Crippen molar-refractivity contribution in [1.82, 2.24) is 0 Å². The van der Waals surface area contributed by atoms with Gasteiger partial charge in [-0.1, -0.05) is 0 Å². The maximum absolute atomic E-state index is 2.61. The van der Waals surface area contributed by atoms with Gasteiger partial charge in [-0.3, -0.25) is 9.41 Å². The summed E-state index contributed by atoms with van der Waals surface area (Å²) in [5.41, 5.74) is 6.41. The molecule has 0 N–H and O–H groups in total. The smallest absolute Gasteiger partial charge is 0.269 e. The van der Waals surface area contributed by atoms with Crippen molar-refractivity contribution in [3.8, 4) is 0 Å². The molecule has 0 heterocycles. The van der Waals surface area contributed by atoms with E-state index in [4.69, 9.17) is 0 Å². The van der Waals surface area contributed by atoms with E-state index in [1.807, 2.05) is 6.56 Å². The average Bonchev–Trinajstić information content (AvgIpc) is 2.72. The summed E-state index contributed by atoms with van der Waals surface area (Å²) in [6, 6.07) is 0. The van der Waals surface area contributed by atoms with Gasteiger partial charge in [-0.2, -0.15) is 0 Å². The van der Waals surface area contributed by atoms with E-state index in [1.54, 1.807) is 22.3 Å². The molecule has 0 saturated carbocycles. The molecular formula is C18H31F2SiZr. The standard InChI is InChI=1S/2C8H11.C2H7Si.2FH.Zr/c2*1-6-4-7(2)8(3)5-6;1-3-2;;;/h2*4,6H,1-3H3;3H,1-2H3;2*1H;. The number of halogens is 2. The van der Waals surface area contributed by atoms with Gasteiger partial charge in [-0.05, 0) is 0 Å². The fourth-order valence-corrected chi connectivity index (χ4v) is 26.5. The second kappa shape index (κ2) is 8.15. The first-order chi connectivity index (χ1) is 9.25. The molecule has 2 aliphatic carbocycles. The van der Waals surface area contributed by atoms with E-state index >= 15 is 0 Å². The summed E-state index contributed by atoms with van der Waals surface area (Å²) in [5.74, 6) is 0.845. The monoisotopic (exact) mass is 403 g/mol. The largest absolute Gasteiger partial charge is 0.269 e. The summed E-state index contributed by atoms with van der Waals surface area (Å²) in [7, 11) is 0. The van der Waals surface area contributed by atoms with Gasteiger partial charge in [0.2, 0.25) is 0 Å². The van der Waals surface area contributed by atoms with Gasteiger partial charge < -0.3 is 0 Å². The number of hydrogen-bond acceptors (Lipinski definition) is 0. The van der Waals surface area contributed by atoms with Crippen molar-refractivity contribution < 1.29 is 30.3 Å². The van der Waals surface area contributed by atoms with E-state index in [0.29, 0.717) is 11.8 Å². The molecule has 0 aliphatic heterocycles. The molecule has 2 atom stereocenters. The molecule has 0 bridgehead atoms. The van der Waals surface area contributed by atoms with Crippen LogP contribution in [0.5, 0.6) is 0 Å². The molecule has 0 radical (unpaired) electrons. The molecule has 0 spiro atoms. The van der Waals surface area contributed by atoms with Crippen molar-refractivity contribution in [3.05, 3.63) is 41.0 Å². The third-order valence-electron chi connectivity index (χ3n) is 5.06. The molecule has 0 aromatic rings. The van der Waals surface area contributed by atoms with Gasteiger partial charge in [0, 0.05) is 0 Å². The van der Waals surface area contributed by atoms with Crippen LogP contribution in [0.25, 0.3) is 0 Å². The molecule has 2 rings (SSSR count). The fourth-order valence-electron chi connectivity index (χ4n) is 3.94. The Morgan fingerprint density at radius 2 is 1.09 bits per heavy atom. The molecule has 0 amide bonds. The second-order valence-corrected chi connectivity index (χ2v) is 25.8. The van der Waals surface area contributed by atoms with E-state index in [0.717, 1.165) is 0 Å². The van der Waals surface area contributed by atoms with Crippen LogP contribution in [0.2, 0.25) is 13.1 Å². The number of hydrogen-bond donors (Lipinski definition) is 0. The van der Waals surface area contributed by atoms with Crippen LogP contribution in [0.15, 0.2) is 41.0 Å². The van der Waals surface area contributed by atoms with Crippen molar-refractivity contribution in [2.75, 3.05) is 0 Å². The minimum atomic E-state index is -1.62. The first kappa shape index (κ1) is 21.9. The van der Waals surface area contributed by atoms with Crippen LogP contribution in [0.1, 0.15) is 41.5 Å². The van der Waals surface area contributed by atoms with Gasteiger partial charge in [0.05, 0.1) is 0 Å². The molecule has 2 aliphatic rings. The Hall–Kier alpha value is -0.0800. The van der Waals surface area contributed by atoms with Gasteiger partial charge in [-0.25, -0.2) is 0 Å². The van der Waals surface area contributed by atoms with Gasteiger partial charge in [0.1, 0.15) is 0 Å². The zero-order chi connectivity index (χ0) is 15.2. The molecule has 0 fully saturated rings. The molecule has 4 heteroatoms. The fraction of sp³-hybridized carbons (Fsp3) is 0.556. The van der Waals surface area contributed by atoms with Crippen molar-refractivity contribution in [1.29, 1.82) is 0 Å². The molecule has 0 aromatic heterocycles. The Bertz CT molecular complexity index is 509. The predicted molar refractivity (Wildman–Crippen MR) is 95.1 cm³/mol. The van der Waals surface area contributed by atoms with Crippen molar-refractivity contribution in [2.24, 2.45) is 11.8 Å². The quantitative estimate of drug-likeness (QED) is 0.535. The minimum Gasteiger partial charge on any atom is -0.269 e. The van der Waals surface area contributed by atoms with Crippen molar-refractivity contribution >= 4 is 5.92 Å². The maximum Gasteiger partial charge on any atom is -0.269 e. The van der Waals surface area contributed by atoms with E-state index in [2.05, 4.69) is 66.8 Å². The first-order valence-electron chi connectivity index (χ1n) is 7.92. The third-order valence-corrected chi connectivity index (χ3v) is 25.3. The van der Waals surface area contributed by atoms with Crippen LogP contribution in [-0.2, 0) is 20.9 Å². The SMILES string of the molecule is CC1=CC(C)[C]([Zr]([C]2=C(C)C(C)=CC2C)[SiH](C)C)=C1C.F.F. The molecule has 2 unspecified atom stereocenters. The van der Waals surface area contributed by atoms with Crippen LogP contribution in [-0.4, -0.2) is 5.92 Å². The summed E-state index contributed by atoms with van der Waals surface area (Å²) < 4.78 is 3.85. The summed E-state index contributed by atoms with van der Waals surface area (Å²) in [6.07, 6.45) is 5.02. The Morgan fingerprint density at radius 3 is 1.27 bits per heavy atom. The van der Waals surface area contributed by atoms with Crippen LogP contribution in [0.3, 0.4) is 0 Å². The minimum absolute atomic E-state index is 0. The van der Waals surface area contributed by atoms with E-state index < -0.39 is 26.8 Å². The molecule has 125 valence electrons. The van der Waals surface area contributed by atoms with Crippen molar-refractivity contribution in [3.63, 3.8) is 0 Å². The Balaban J connectivity index is 0.00000220. The molecule has 0 saturated heterocycles. The molecule has 22 heavy (non-hydrogen) atoms. The summed E-state index contributed by atoms with van der Waals surface area (Å²) in [5, 5.41) is 0. The zero-order valence-corrected chi connectivity index (χ0v) is 18.8. The van der Waals surface area contributed by atoms with Crippen LogP contribution < -0.4 is 0 Å². The summed E-state index contributed by atoms with van der Waals surface area (Å²) >= 11 is -1.62. The van der Waals surface area contributed by atoms with Crippen LogP contribution in [0.4, 0.5) is 9.41 Å². The predicted octanol–water partition coefficient (Wildman–Crippen LogP) is 5.63. The van der Waals surface area contributed by atoms with Gasteiger partial charge >= 0.3 is 134 Å². The Labute approximate surface area is 143 Å². The van der Waals surface area contributed by atoms with Gasteiger partial charge in [-0.15, -0.1) is 0 Å². The molecular weight excluding hydrogens is 374 g/mol. The van der Waals surface area contributed by atoms with Crippen LogP contribution in [0, 0.1) is 11.8 Å². The first-order valence-corrected chi connectivity index (χ1v) is 17.5. The van der Waals surface area contributed by atoms with Crippen LogP contribution >= 0.6 is 0 Å². The Kier molecular flexibility index (Phi) is 8.12. The van der Waals surface area contributed by atoms with Gasteiger partial charge in [0.15, 0.2) is 0 Å². The van der Waals surface area contributed by atoms with E-state index in [1.165, 1.54) is 0 Å². The van der Waals surface area contributed by atoms with Crippen molar-refractivity contribution in [2.45, 2.75) is 54.6 Å². The third kappa shape index (κ3) is 3.70. The second-order valence-electron chi connectivity index (χ2n) is 6.92. The summed E-state index contributed by atoms with van der Waals surface area (Å²) in [6.45, 7) is 19.5. The van der Waals surface area contributed by atoms with E-state index in [9.17, 15) is 0 Å². The normalized spacial score (nSPS) is 24.2. The summed E-state index contributed by atoms with van der Waals surface area (Å²) in [4.78, 5) is 0. The molecule has 0 nitrogen and oxygen atoms in total. The maximum atomic E-state index is 2.61. The topological polar surface area (TPSA) is 0 Å². The number of allylic oxidation sites excluding steroid dienone is 8.